The molecule has 2 N–H and O–H groups in total. The lowest BCUT2D eigenvalue weighted by Crippen LogP contribution is -2.57. The highest BCUT2D eigenvalue weighted by molar-refractivity contribution is 6.31. The highest BCUT2D eigenvalue weighted by Crippen LogP contribution is 2.19. The number of halogens is 2. The third kappa shape index (κ3) is 5.05. The average molecular weight is 407 g/mol. The van der Waals surface area contributed by atoms with Gasteiger partial charge in [-0.3, -0.25) is 0 Å². The van der Waals surface area contributed by atoms with Crippen molar-refractivity contribution >= 4 is 46.6 Å². The standard InChI is InChI=1S/C19H20Cl2N4O2/c1-13-12-24(18(26)22-16-6-2-4-14(20)10-16)8-9-25(13)19(27)23-17-7-3-5-15(21)11-17/h2-7,10-11,13H,8-9,12H2,1H3,(H,22,26)(H,23,27)/t13-/m1/s1. The predicted molar refractivity (Wildman–Crippen MR) is 109 cm³/mol. The Morgan fingerprint density at radius 3 is 2.00 bits per heavy atom. The highest BCUT2D eigenvalue weighted by atomic mass is 35.5. The second-order valence-electron chi connectivity index (χ2n) is 6.37. The van der Waals surface area contributed by atoms with E-state index in [1.165, 1.54) is 0 Å². The molecule has 3 rings (SSSR count). The molecule has 0 aromatic heterocycles. The number of anilines is 2. The molecule has 1 saturated heterocycles. The van der Waals surface area contributed by atoms with E-state index in [2.05, 4.69) is 10.6 Å². The van der Waals surface area contributed by atoms with Crippen LogP contribution in [0.5, 0.6) is 0 Å². The van der Waals surface area contributed by atoms with E-state index in [-0.39, 0.29) is 18.1 Å². The SMILES string of the molecule is C[C@@H]1CN(C(=O)Nc2cccc(Cl)c2)CCN1C(=O)Nc1cccc(Cl)c1. The second kappa shape index (κ2) is 8.50. The first-order chi connectivity index (χ1) is 12.9. The molecule has 1 aliphatic heterocycles. The normalized spacial score (nSPS) is 16.8. The zero-order chi connectivity index (χ0) is 19.4. The number of rotatable bonds is 2. The third-order valence-electron chi connectivity index (χ3n) is 4.33. The number of hydrogen-bond donors (Lipinski definition) is 2. The van der Waals surface area contributed by atoms with Crippen molar-refractivity contribution in [2.45, 2.75) is 13.0 Å². The fraction of sp³-hybridized carbons (Fsp3) is 0.263. The maximum absolute atomic E-state index is 12.5. The fourth-order valence-corrected chi connectivity index (χ4v) is 3.35. The van der Waals surface area contributed by atoms with E-state index in [9.17, 15) is 9.59 Å². The summed E-state index contributed by atoms with van der Waals surface area (Å²) < 4.78 is 0. The van der Waals surface area contributed by atoms with Crippen LogP contribution in [-0.2, 0) is 0 Å². The molecule has 0 aliphatic carbocycles. The predicted octanol–water partition coefficient (Wildman–Crippen LogP) is 4.76. The van der Waals surface area contributed by atoms with Gasteiger partial charge >= 0.3 is 12.1 Å². The second-order valence-corrected chi connectivity index (χ2v) is 7.24. The molecule has 8 heteroatoms. The highest BCUT2D eigenvalue weighted by Gasteiger charge is 2.30. The maximum Gasteiger partial charge on any atom is 0.322 e. The first kappa shape index (κ1) is 19.3. The molecule has 142 valence electrons. The van der Waals surface area contributed by atoms with Gasteiger partial charge in [-0.05, 0) is 43.3 Å². The van der Waals surface area contributed by atoms with Crippen LogP contribution in [0.3, 0.4) is 0 Å². The molecule has 0 saturated carbocycles. The summed E-state index contributed by atoms with van der Waals surface area (Å²) in [6.45, 7) is 3.24. The molecule has 0 spiro atoms. The van der Waals surface area contributed by atoms with Gasteiger partial charge in [0.1, 0.15) is 0 Å². The van der Waals surface area contributed by atoms with E-state index in [0.29, 0.717) is 41.1 Å². The van der Waals surface area contributed by atoms with Crippen LogP contribution in [0, 0.1) is 0 Å². The van der Waals surface area contributed by atoms with Crippen molar-refractivity contribution in [3.05, 3.63) is 58.6 Å². The molecular formula is C19H20Cl2N4O2. The Labute approximate surface area is 168 Å². The van der Waals surface area contributed by atoms with Gasteiger partial charge in [-0.2, -0.15) is 0 Å². The van der Waals surface area contributed by atoms with E-state index < -0.39 is 0 Å². The van der Waals surface area contributed by atoms with Crippen LogP contribution in [0.4, 0.5) is 21.0 Å². The van der Waals surface area contributed by atoms with Crippen molar-refractivity contribution in [1.29, 1.82) is 0 Å². The van der Waals surface area contributed by atoms with Crippen LogP contribution >= 0.6 is 23.2 Å². The number of carbonyl (C=O) groups is 2. The number of nitrogens with one attached hydrogen (secondary N) is 2. The number of piperazine rings is 1. The first-order valence-electron chi connectivity index (χ1n) is 8.57. The van der Waals surface area contributed by atoms with Gasteiger partial charge < -0.3 is 20.4 Å². The first-order valence-corrected chi connectivity index (χ1v) is 9.32. The Bertz CT molecular complexity index is 846. The molecule has 4 amide bonds. The minimum Gasteiger partial charge on any atom is -0.321 e. The van der Waals surface area contributed by atoms with Gasteiger partial charge in [-0.1, -0.05) is 35.3 Å². The van der Waals surface area contributed by atoms with Gasteiger partial charge in [0.25, 0.3) is 0 Å². The molecule has 0 radical (unpaired) electrons. The van der Waals surface area contributed by atoms with Gasteiger partial charge in [0.05, 0.1) is 0 Å². The maximum atomic E-state index is 12.5. The number of carbonyl (C=O) groups excluding carboxylic acids is 2. The molecule has 2 aromatic carbocycles. The van der Waals surface area contributed by atoms with Crippen molar-refractivity contribution in [2.24, 2.45) is 0 Å². The summed E-state index contributed by atoms with van der Waals surface area (Å²) in [5, 5.41) is 6.79. The molecule has 2 aromatic rings. The van der Waals surface area contributed by atoms with Crippen molar-refractivity contribution in [3.63, 3.8) is 0 Å². The topological polar surface area (TPSA) is 64.7 Å². The minimum absolute atomic E-state index is 0.122. The molecule has 1 fully saturated rings. The van der Waals surface area contributed by atoms with Crippen LogP contribution in [0.25, 0.3) is 0 Å². The Balaban J connectivity index is 1.56. The lowest BCUT2D eigenvalue weighted by molar-refractivity contribution is 0.124. The van der Waals surface area contributed by atoms with Gasteiger partial charge in [-0.25, -0.2) is 9.59 Å². The van der Waals surface area contributed by atoms with Crippen LogP contribution in [0.2, 0.25) is 10.0 Å². The van der Waals surface area contributed by atoms with Gasteiger partial charge in [0.15, 0.2) is 0 Å². The fourth-order valence-electron chi connectivity index (χ4n) is 2.97. The Morgan fingerprint density at radius 1 is 0.926 bits per heavy atom. The molecule has 1 atom stereocenters. The van der Waals surface area contributed by atoms with Crippen molar-refractivity contribution < 1.29 is 9.59 Å². The number of hydrogen-bond acceptors (Lipinski definition) is 2. The smallest absolute Gasteiger partial charge is 0.321 e. The van der Waals surface area contributed by atoms with Crippen LogP contribution in [0.1, 0.15) is 6.92 Å². The lowest BCUT2D eigenvalue weighted by Gasteiger charge is -2.39. The summed E-state index contributed by atoms with van der Waals surface area (Å²) in [5.74, 6) is 0. The molecule has 1 aliphatic rings. The van der Waals surface area contributed by atoms with Gasteiger partial charge in [0, 0.05) is 47.1 Å². The Hall–Kier alpha value is -2.44. The zero-order valence-corrected chi connectivity index (χ0v) is 16.3. The summed E-state index contributed by atoms with van der Waals surface area (Å²) >= 11 is 11.9. The Kier molecular flexibility index (Phi) is 6.08. The number of benzene rings is 2. The van der Waals surface area contributed by atoms with Crippen molar-refractivity contribution in [3.8, 4) is 0 Å². The van der Waals surface area contributed by atoms with Crippen molar-refractivity contribution in [1.82, 2.24) is 9.80 Å². The van der Waals surface area contributed by atoms with E-state index in [1.807, 2.05) is 6.92 Å². The number of urea groups is 2. The van der Waals surface area contributed by atoms with E-state index in [0.717, 1.165) is 0 Å². The summed E-state index contributed by atoms with van der Waals surface area (Å²) in [6.07, 6.45) is 0. The Morgan fingerprint density at radius 2 is 1.48 bits per heavy atom. The molecule has 27 heavy (non-hydrogen) atoms. The average Bonchev–Trinajstić information content (AvgIpc) is 2.61. The number of nitrogens with zero attached hydrogens (tertiary/aromatic N) is 2. The van der Waals surface area contributed by atoms with Crippen LogP contribution in [-0.4, -0.2) is 47.5 Å². The zero-order valence-electron chi connectivity index (χ0n) is 14.8. The van der Waals surface area contributed by atoms with E-state index in [1.54, 1.807) is 58.3 Å². The molecule has 1 heterocycles. The van der Waals surface area contributed by atoms with Gasteiger partial charge in [-0.15, -0.1) is 0 Å². The lowest BCUT2D eigenvalue weighted by atomic mass is 10.2. The number of amides is 4. The summed E-state index contributed by atoms with van der Waals surface area (Å²) in [5.41, 5.74) is 1.28. The molecule has 6 nitrogen and oxygen atoms in total. The molecule has 0 bridgehead atoms. The molecular weight excluding hydrogens is 387 g/mol. The van der Waals surface area contributed by atoms with E-state index >= 15 is 0 Å². The largest absolute Gasteiger partial charge is 0.322 e. The quantitative estimate of drug-likeness (QED) is 0.754. The van der Waals surface area contributed by atoms with Crippen LogP contribution in [0.15, 0.2) is 48.5 Å². The van der Waals surface area contributed by atoms with Crippen molar-refractivity contribution in [2.75, 3.05) is 30.3 Å². The summed E-state index contributed by atoms with van der Waals surface area (Å²) in [7, 11) is 0. The summed E-state index contributed by atoms with van der Waals surface area (Å²) in [4.78, 5) is 28.4. The monoisotopic (exact) mass is 406 g/mol. The van der Waals surface area contributed by atoms with Gasteiger partial charge in [0.2, 0.25) is 0 Å². The minimum atomic E-state index is -0.209. The summed E-state index contributed by atoms with van der Waals surface area (Å²) in [6, 6.07) is 13.5. The molecule has 0 unspecified atom stereocenters. The van der Waals surface area contributed by atoms with Crippen LogP contribution < -0.4 is 10.6 Å². The van der Waals surface area contributed by atoms with E-state index in [4.69, 9.17) is 23.2 Å². The third-order valence-corrected chi connectivity index (χ3v) is 4.80.